The summed E-state index contributed by atoms with van der Waals surface area (Å²) in [4.78, 5) is 26.9. The number of esters is 1. The topological polar surface area (TPSA) is 76.1 Å². The lowest BCUT2D eigenvalue weighted by Crippen LogP contribution is -2.33. The molecule has 4 rings (SSSR count). The number of ether oxygens (including phenoxy) is 2. The van der Waals surface area contributed by atoms with Gasteiger partial charge in [-0.2, -0.15) is 0 Å². The molecule has 6 heteroatoms. The van der Waals surface area contributed by atoms with Crippen molar-refractivity contribution in [3.8, 4) is 5.75 Å². The number of allylic oxidation sites excluding steroid dienone is 1. The molecule has 1 aliphatic heterocycles. The van der Waals surface area contributed by atoms with Crippen LogP contribution in [0.1, 0.15) is 61.8 Å². The van der Waals surface area contributed by atoms with Crippen molar-refractivity contribution in [3.63, 3.8) is 0 Å². The number of nitrogens with zero attached hydrogens (tertiary/aromatic N) is 1. The highest BCUT2D eigenvalue weighted by molar-refractivity contribution is 5.86. The summed E-state index contributed by atoms with van der Waals surface area (Å²) < 4.78 is 11.5. The van der Waals surface area contributed by atoms with Crippen molar-refractivity contribution in [3.05, 3.63) is 70.3 Å². The molecule has 1 heterocycles. The maximum absolute atomic E-state index is 12.8. The van der Waals surface area contributed by atoms with E-state index in [1.807, 2.05) is 25.1 Å². The van der Waals surface area contributed by atoms with E-state index in [1.54, 1.807) is 21.0 Å². The molecule has 0 spiro atoms. The summed E-state index contributed by atoms with van der Waals surface area (Å²) in [6.45, 7) is 8.15. The fourth-order valence-corrected chi connectivity index (χ4v) is 5.23. The van der Waals surface area contributed by atoms with Crippen LogP contribution in [0.5, 0.6) is 5.75 Å². The molecule has 36 heavy (non-hydrogen) atoms. The first-order chi connectivity index (χ1) is 17.2. The van der Waals surface area contributed by atoms with Crippen LogP contribution >= 0.6 is 0 Å². The van der Waals surface area contributed by atoms with Gasteiger partial charge in [-0.3, -0.25) is 14.5 Å². The number of carboxylic acid groups (broad SMARTS) is 1. The Labute approximate surface area is 213 Å². The number of fused-ring (bicyclic) bond motifs is 1. The van der Waals surface area contributed by atoms with Crippen LogP contribution in [0, 0.1) is 18.3 Å². The summed E-state index contributed by atoms with van der Waals surface area (Å²) in [6.07, 6.45) is 3.62. The summed E-state index contributed by atoms with van der Waals surface area (Å²) in [5.74, 6) is 0.446. The molecule has 0 saturated carbocycles. The molecule has 2 aromatic rings. The Balaban J connectivity index is 1.48. The lowest BCUT2D eigenvalue weighted by molar-refractivity contribution is -0.153. The van der Waals surface area contributed by atoms with E-state index in [-0.39, 0.29) is 6.42 Å². The van der Waals surface area contributed by atoms with Crippen molar-refractivity contribution in [2.45, 2.75) is 59.4 Å². The van der Waals surface area contributed by atoms with Crippen molar-refractivity contribution in [1.29, 1.82) is 0 Å². The van der Waals surface area contributed by atoms with E-state index in [0.717, 1.165) is 73.3 Å². The highest BCUT2D eigenvalue weighted by atomic mass is 16.5. The average molecular weight is 492 g/mol. The van der Waals surface area contributed by atoms with Crippen molar-refractivity contribution >= 4 is 17.7 Å². The lowest BCUT2D eigenvalue weighted by Gasteiger charge is -2.32. The molecule has 2 aromatic carbocycles. The molecule has 1 saturated heterocycles. The fourth-order valence-electron chi connectivity index (χ4n) is 5.23. The maximum Gasteiger partial charge on any atom is 0.312 e. The lowest BCUT2D eigenvalue weighted by atomic mass is 9.89. The third-order valence-electron chi connectivity index (χ3n) is 7.46. The highest BCUT2D eigenvalue weighted by Crippen LogP contribution is 2.41. The van der Waals surface area contributed by atoms with Crippen LogP contribution in [0.3, 0.4) is 0 Å². The van der Waals surface area contributed by atoms with Gasteiger partial charge in [0.1, 0.15) is 11.5 Å². The Morgan fingerprint density at radius 2 is 1.81 bits per heavy atom. The molecule has 2 aliphatic rings. The number of likely N-dealkylation sites (tertiary alicyclic amines) is 1. The Bertz CT molecular complexity index is 1140. The van der Waals surface area contributed by atoms with Gasteiger partial charge >= 0.3 is 11.9 Å². The molecular formula is C30H37NO5. The second-order valence-corrected chi connectivity index (χ2v) is 10.8. The van der Waals surface area contributed by atoms with E-state index in [2.05, 4.69) is 29.2 Å². The van der Waals surface area contributed by atoms with Gasteiger partial charge in [-0.05, 0) is 99.9 Å². The summed E-state index contributed by atoms with van der Waals surface area (Å²) >= 11 is 0. The standard InChI is InChI=1S/C30H37NO5/c1-20-14-25-23(17-26(20)35-4)16-24(28(25)36-27(32)18-30(2,3)29(33)34)15-21-10-12-31(13-11-21)19-22-8-6-5-7-9-22/h5-9,14,17,21H,10-13,15-16,18-19H2,1-4H3,(H,33,34). The van der Waals surface area contributed by atoms with Crippen LogP contribution in [0.15, 0.2) is 48.0 Å². The van der Waals surface area contributed by atoms with Crippen LogP contribution in [0.25, 0.3) is 5.76 Å². The first-order valence-electron chi connectivity index (χ1n) is 12.8. The smallest absolute Gasteiger partial charge is 0.312 e. The third-order valence-corrected chi connectivity index (χ3v) is 7.46. The summed E-state index contributed by atoms with van der Waals surface area (Å²) in [6, 6.07) is 14.6. The molecule has 0 aromatic heterocycles. The first kappa shape index (κ1) is 26.0. The molecular weight excluding hydrogens is 454 g/mol. The van der Waals surface area contributed by atoms with Crippen molar-refractivity contribution in [1.82, 2.24) is 4.90 Å². The number of benzene rings is 2. The normalized spacial score (nSPS) is 16.7. The number of rotatable bonds is 9. The number of carboxylic acids is 1. The molecule has 0 radical (unpaired) electrons. The summed E-state index contributed by atoms with van der Waals surface area (Å²) in [7, 11) is 1.66. The van der Waals surface area contributed by atoms with Gasteiger partial charge in [0.2, 0.25) is 0 Å². The van der Waals surface area contributed by atoms with Crippen molar-refractivity contribution in [2.75, 3.05) is 20.2 Å². The van der Waals surface area contributed by atoms with Crippen LogP contribution < -0.4 is 4.74 Å². The minimum absolute atomic E-state index is 0.179. The Morgan fingerprint density at radius 3 is 2.44 bits per heavy atom. The van der Waals surface area contributed by atoms with Gasteiger partial charge in [0, 0.05) is 12.1 Å². The van der Waals surface area contributed by atoms with Gasteiger partial charge in [-0.25, -0.2) is 0 Å². The third kappa shape index (κ3) is 5.98. The van der Waals surface area contributed by atoms with Crippen LogP contribution in [-0.4, -0.2) is 42.1 Å². The van der Waals surface area contributed by atoms with Crippen LogP contribution in [0.4, 0.5) is 0 Å². The number of carbonyl (C=O) groups is 2. The second kappa shape index (κ2) is 10.9. The van der Waals surface area contributed by atoms with E-state index in [0.29, 0.717) is 11.7 Å². The van der Waals surface area contributed by atoms with Gasteiger partial charge in [0.15, 0.2) is 0 Å². The monoisotopic (exact) mass is 491 g/mol. The van der Waals surface area contributed by atoms with Gasteiger partial charge < -0.3 is 14.6 Å². The van der Waals surface area contributed by atoms with Crippen molar-refractivity contribution < 1.29 is 24.2 Å². The highest BCUT2D eigenvalue weighted by Gasteiger charge is 2.34. The van der Waals surface area contributed by atoms with Gasteiger partial charge in [0.25, 0.3) is 0 Å². The fraction of sp³-hybridized carbons (Fsp3) is 0.467. The molecule has 0 atom stereocenters. The zero-order valence-electron chi connectivity index (χ0n) is 21.8. The maximum atomic E-state index is 12.8. The zero-order valence-corrected chi connectivity index (χ0v) is 21.8. The van der Waals surface area contributed by atoms with Gasteiger partial charge in [-0.15, -0.1) is 0 Å². The Morgan fingerprint density at radius 1 is 1.11 bits per heavy atom. The number of aryl methyl sites for hydroxylation is 1. The van der Waals surface area contributed by atoms with Crippen LogP contribution in [0.2, 0.25) is 0 Å². The van der Waals surface area contributed by atoms with E-state index >= 15 is 0 Å². The number of piperidine rings is 1. The zero-order chi connectivity index (χ0) is 25.9. The molecule has 6 nitrogen and oxygen atoms in total. The predicted octanol–water partition coefficient (Wildman–Crippen LogP) is 5.62. The molecule has 0 unspecified atom stereocenters. The number of hydrogen-bond acceptors (Lipinski definition) is 5. The number of methoxy groups -OCH3 is 1. The molecule has 0 amide bonds. The summed E-state index contributed by atoms with van der Waals surface area (Å²) in [5.41, 5.74) is 4.28. The first-order valence-corrected chi connectivity index (χ1v) is 12.8. The number of carbonyl (C=O) groups excluding carboxylic acids is 1. The minimum atomic E-state index is -1.18. The van der Waals surface area contributed by atoms with Gasteiger partial charge in [-0.1, -0.05) is 30.3 Å². The number of aliphatic carboxylic acids is 1. The molecule has 1 N–H and O–H groups in total. The minimum Gasteiger partial charge on any atom is -0.496 e. The second-order valence-electron chi connectivity index (χ2n) is 10.8. The molecule has 1 aliphatic carbocycles. The molecule has 1 fully saturated rings. The van der Waals surface area contributed by atoms with E-state index in [9.17, 15) is 14.7 Å². The number of hydrogen-bond donors (Lipinski definition) is 1. The molecule has 0 bridgehead atoms. The van der Waals surface area contributed by atoms with Crippen LogP contribution in [-0.2, 0) is 27.3 Å². The summed E-state index contributed by atoms with van der Waals surface area (Å²) in [5, 5.41) is 9.45. The van der Waals surface area contributed by atoms with E-state index in [4.69, 9.17) is 9.47 Å². The molecule has 192 valence electrons. The largest absolute Gasteiger partial charge is 0.496 e. The SMILES string of the molecule is COc1cc2c(cc1C)C(OC(=O)CC(C)(C)C(=O)O)=C(CC1CCN(Cc3ccccc3)CC1)C2. The van der Waals surface area contributed by atoms with Crippen molar-refractivity contribution in [2.24, 2.45) is 11.3 Å². The average Bonchev–Trinajstić information content (AvgIpc) is 3.15. The Kier molecular flexibility index (Phi) is 7.84. The quantitative estimate of drug-likeness (QED) is 0.459. The predicted molar refractivity (Wildman–Crippen MR) is 140 cm³/mol. The van der Waals surface area contributed by atoms with E-state index in [1.165, 1.54) is 5.56 Å². The van der Waals surface area contributed by atoms with E-state index < -0.39 is 17.4 Å². The van der Waals surface area contributed by atoms with Gasteiger partial charge in [0.05, 0.1) is 18.9 Å². The Hall–Kier alpha value is -3.12.